The maximum absolute atomic E-state index is 11.9. The molecular weight excluding hydrogens is 246 g/mol. The smallest absolute Gasteiger partial charge is 0.306 e. The molecule has 1 heterocycles. The largest absolute Gasteiger partial charge is 0.481 e. The number of carboxylic acids is 1. The zero-order chi connectivity index (χ0) is 13.8. The number of rotatable bonds is 5. The van der Waals surface area contributed by atoms with Crippen molar-refractivity contribution in [2.24, 2.45) is 18.9 Å². The van der Waals surface area contributed by atoms with E-state index in [0.717, 1.165) is 5.82 Å². The number of amides is 1. The average Bonchev–Trinajstić information content (AvgIpc) is 2.98. The second-order valence-electron chi connectivity index (χ2n) is 5.04. The van der Waals surface area contributed by atoms with Crippen molar-refractivity contribution >= 4 is 11.9 Å². The van der Waals surface area contributed by atoms with Crippen molar-refractivity contribution in [2.45, 2.75) is 25.7 Å². The van der Waals surface area contributed by atoms with Crippen molar-refractivity contribution in [3.63, 3.8) is 0 Å². The summed E-state index contributed by atoms with van der Waals surface area (Å²) in [7, 11) is 1.92. The molecule has 0 aliphatic heterocycles. The number of aromatic nitrogens is 2. The van der Waals surface area contributed by atoms with Crippen LogP contribution in [0.1, 0.15) is 25.1 Å². The minimum absolute atomic E-state index is 0.0297. The fourth-order valence-electron chi connectivity index (χ4n) is 2.52. The molecule has 6 nitrogen and oxygen atoms in total. The van der Waals surface area contributed by atoms with Gasteiger partial charge >= 0.3 is 5.97 Å². The van der Waals surface area contributed by atoms with Crippen LogP contribution in [0.4, 0.5) is 0 Å². The number of aliphatic carboxylic acids is 1. The Balaban J connectivity index is 1.73. The Bertz CT molecular complexity index is 469. The molecule has 1 saturated carbocycles. The van der Waals surface area contributed by atoms with Gasteiger partial charge in [-0.25, -0.2) is 4.98 Å². The lowest BCUT2D eigenvalue weighted by atomic mass is 10.0. The molecule has 104 valence electrons. The Morgan fingerprint density at radius 1 is 1.47 bits per heavy atom. The molecule has 2 rings (SSSR count). The van der Waals surface area contributed by atoms with Gasteiger partial charge in [0.15, 0.2) is 0 Å². The van der Waals surface area contributed by atoms with E-state index < -0.39 is 5.97 Å². The van der Waals surface area contributed by atoms with Crippen molar-refractivity contribution in [2.75, 3.05) is 6.54 Å². The van der Waals surface area contributed by atoms with Crippen LogP contribution >= 0.6 is 0 Å². The summed E-state index contributed by atoms with van der Waals surface area (Å²) >= 11 is 0. The van der Waals surface area contributed by atoms with Crippen LogP contribution in [0.3, 0.4) is 0 Å². The summed E-state index contributed by atoms with van der Waals surface area (Å²) in [5, 5.41) is 11.8. The number of nitrogens with one attached hydrogen (secondary N) is 1. The monoisotopic (exact) mass is 265 g/mol. The van der Waals surface area contributed by atoms with Crippen LogP contribution in [-0.2, 0) is 23.1 Å². The van der Waals surface area contributed by atoms with Crippen molar-refractivity contribution in [1.82, 2.24) is 14.9 Å². The Hall–Kier alpha value is -1.85. The number of carbonyl (C=O) groups excluding carboxylic acids is 1. The van der Waals surface area contributed by atoms with Crippen molar-refractivity contribution in [3.05, 3.63) is 18.2 Å². The average molecular weight is 265 g/mol. The van der Waals surface area contributed by atoms with E-state index in [4.69, 9.17) is 5.11 Å². The molecule has 0 unspecified atom stereocenters. The summed E-state index contributed by atoms with van der Waals surface area (Å²) in [6.45, 7) is 0.540. The molecule has 0 radical (unpaired) electrons. The molecule has 1 fully saturated rings. The SMILES string of the molecule is Cn1ccnc1CCNC(=O)[C@H]1CC[C@@H](C(=O)O)C1. The lowest BCUT2D eigenvalue weighted by Crippen LogP contribution is -2.31. The van der Waals surface area contributed by atoms with Gasteiger partial charge in [0.05, 0.1) is 5.92 Å². The van der Waals surface area contributed by atoms with Crippen molar-refractivity contribution in [3.8, 4) is 0 Å². The summed E-state index contributed by atoms with van der Waals surface area (Å²) < 4.78 is 1.92. The number of nitrogens with zero attached hydrogens (tertiary/aromatic N) is 2. The highest BCUT2D eigenvalue weighted by molar-refractivity contribution is 5.80. The molecule has 0 bridgehead atoms. The minimum atomic E-state index is -0.789. The fourth-order valence-corrected chi connectivity index (χ4v) is 2.52. The molecule has 1 aromatic rings. The highest BCUT2D eigenvalue weighted by atomic mass is 16.4. The van der Waals surface area contributed by atoms with Gasteiger partial charge in [-0.1, -0.05) is 0 Å². The Morgan fingerprint density at radius 2 is 2.21 bits per heavy atom. The van der Waals surface area contributed by atoms with Gasteiger partial charge < -0.3 is 15.0 Å². The molecule has 1 aliphatic carbocycles. The zero-order valence-electron chi connectivity index (χ0n) is 11.0. The van der Waals surface area contributed by atoms with Crippen molar-refractivity contribution < 1.29 is 14.7 Å². The number of aryl methyl sites for hydroxylation is 1. The van der Waals surface area contributed by atoms with Gasteiger partial charge in [-0.15, -0.1) is 0 Å². The number of carbonyl (C=O) groups is 2. The first kappa shape index (κ1) is 13.6. The van der Waals surface area contributed by atoms with Gasteiger partial charge in [0.1, 0.15) is 5.82 Å². The van der Waals surface area contributed by atoms with E-state index in [9.17, 15) is 9.59 Å². The summed E-state index contributed by atoms with van der Waals surface area (Å²) in [6.07, 6.45) is 6.02. The number of hydrogen-bond donors (Lipinski definition) is 2. The molecule has 1 aliphatic rings. The maximum Gasteiger partial charge on any atom is 0.306 e. The highest BCUT2D eigenvalue weighted by Crippen LogP contribution is 2.30. The molecular formula is C13H19N3O3. The van der Waals surface area contributed by atoms with Gasteiger partial charge in [0, 0.05) is 38.3 Å². The first-order chi connectivity index (χ1) is 9.08. The molecule has 2 N–H and O–H groups in total. The third-order valence-corrected chi connectivity index (χ3v) is 3.72. The Morgan fingerprint density at radius 3 is 2.79 bits per heavy atom. The third-order valence-electron chi connectivity index (χ3n) is 3.72. The van der Waals surface area contributed by atoms with E-state index in [2.05, 4.69) is 10.3 Å². The summed E-state index contributed by atoms with van der Waals surface area (Å²) in [4.78, 5) is 26.9. The second kappa shape index (κ2) is 5.86. The quantitative estimate of drug-likeness (QED) is 0.815. The highest BCUT2D eigenvalue weighted by Gasteiger charge is 2.33. The Labute approximate surface area is 111 Å². The van der Waals surface area contributed by atoms with E-state index in [0.29, 0.717) is 32.2 Å². The lowest BCUT2D eigenvalue weighted by molar-refractivity contribution is -0.141. The van der Waals surface area contributed by atoms with Gasteiger partial charge in [-0.05, 0) is 19.3 Å². The molecule has 0 spiro atoms. The van der Waals surface area contributed by atoms with Crippen LogP contribution in [0, 0.1) is 11.8 Å². The van der Waals surface area contributed by atoms with E-state index in [1.54, 1.807) is 6.20 Å². The van der Waals surface area contributed by atoms with Gasteiger partial charge in [-0.3, -0.25) is 9.59 Å². The standard InChI is InChI=1S/C13H19N3O3/c1-16-7-6-14-11(16)4-5-15-12(17)9-2-3-10(8-9)13(18)19/h6-7,9-10H,2-5,8H2,1H3,(H,15,17)(H,18,19)/t9-,10+/m0/s1. The number of hydrogen-bond acceptors (Lipinski definition) is 3. The second-order valence-corrected chi connectivity index (χ2v) is 5.04. The molecule has 2 atom stereocenters. The number of carboxylic acid groups (broad SMARTS) is 1. The van der Waals surface area contributed by atoms with Crippen LogP contribution in [0.15, 0.2) is 12.4 Å². The fraction of sp³-hybridized carbons (Fsp3) is 0.615. The maximum atomic E-state index is 11.9. The molecule has 1 aromatic heterocycles. The minimum Gasteiger partial charge on any atom is -0.481 e. The van der Waals surface area contributed by atoms with Gasteiger partial charge in [0.2, 0.25) is 5.91 Å². The first-order valence-corrected chi connectivity index (χ1v) is 6.54. The molecule has 1 amide bonds. The summed E-state index contributed by atoms with van der Waals surface area (Å²) in [5.41, 5.74) is 0. The van der Waals surface area contributed by atoms with E-state index >= 15 is 0 Å². The summed E-state index contributed by atoms with van der Waals surface area (Å²) in [5.74, 6) is -0.399. The van der Waals surface area contributed by atoms with E-state index in [-0.39, 0.29) is 17.7 Å². The van der Waals surface area contributed by atoms with Crippen LogP contribution in [0.2, 0.25) is 0 Å². The van der Waals surface area contributed by atoms with E-state index in [1.807, 2.05) is 17.8 Å². The topological polar surface area (TPSA) is 84.2 Å². The van der Waals surface area contributed by atoms with Crippen LogP contribution in [0.25, 0.3) is 0 Å². The molecule has 6 heteroatoms. The zero-order valence-corrected chi connectivity index (χ0v) is 11.0. The number of imidazole rings is 1. The third kappa shape index (κ3) is 3.33. The molecule has 19 heavy (non-hydrogen) atoms. The van der Waals surface area contributed by atoms with Crippen molar-refractivity contribution in [1.29, 1.82) is 0 Å². The summed E-state index contributed by atoms with van der Waals surface area (Å²) in [6, 6.07) is 0. The predicted molar refractivity (Wildman–Crippen MR) is 68.4 cm³/mol. The first-order valence-electron chi connectivity index (χ1n) is 6.54. The van der Waals surface area contributed by atoms with Gasteiger partial charge in [0.25, 0.3) is 0 Å². The lowest BCUT2D eigenvalue weighted by Gasteiger charge is -2.10. The molecule has 0 aromatic carbocycles. The van der Waals surface area contributed by atoms with Crippen LogP contribution in [0.5, 0.6) is 0 Å². The van der Waals surface area contributed by atoms with Gasteiger partial charge in [-0.2, -0.15) is 0 Å². The van der Waals surface area contributed by atoms with E-state index in [1.165, 1.54) is 0 Å². The molecule has 0 saturated heterocycles. The Kier molecular flexibility index (Phi) is 4.19. The van der Waals surface area contributed by atoms with Crippen LogP contribution < -0.4 is 5.32 Å². The van der Waals surface area contributed by atoms with Crippen LogP contribution in [-0.4, -0.2) is 33.1 Å². The normalized spacial score (nSPS) is 22.4. The predicted octanol–water partition coefficient (Wildman–Crippen LogP) is 0.580.